The van der Waals surface area contributed by atoms with Crippen LogP contribution < -0.4 is 10.6 Å². The monoisotopic (exact) mass is 550 g/mol. The molecule has 0 bridgehead atoms. The minimum atomic E-state index is 1.06. The van der Waals surface area contributed by atoms with Crippen LogP contribution in [0.4, 0.5) is 0 Å². The number of hydrogen-bond acceptors (Lipinski definition) is 2. The summed E-state index contributed by atoms with van der Waals surface area (Å²) in [6.45, 7) is 9.10. The Hall–Kier alpha value is -0.0800. The zero-order chi connectivity index (χ0) is 28.2. The van der Waals surface area contributed by atoms with Crippen molar-refractivity contribution in [3.8, 4) is 0 Å². The summed E-state index contributed by atoms with van der Waals surface area (Å²) >= 11 is 0. The van der Waals surface area contributed by atoms with Crippen molar-refractivity contribution in [1.82, 2.24) is 10.6 Å². The van der Waals surface area contributed by atoms with Gasteiger partial charge in [0.25, 0.3) is 0 Å². The Balaban J connectivity index is 3.01. The number of hydrogen-bond donors (Lipinski definition) is 2. The van der Waals surface area contributed by atoms with Gasteiger partial charge in [0, 0.05) is 0 Å². The zero-order valence-corrected chi connectivity index (χ0v) is 27.6. The second-order valence-electron chi connectivity index (χ2n) is 12.6. The van der Waals surface area contributed by atoms with E-state index in [1.807, 2.05) is 0 Å². The topological polar surface area (TPSA) is 24.1 Å². The van der Waals surface area contributed by atoms with E-state index in [1.165, 1.54) is 206 Å². The first-order chi connectivity index (χ1) is 19.4. The van der Waals surface area contributed by atoms with E-state index in [9.17, 15) is 0 Å². The third kappa shape index (κ3) is 37.9. The molecule has 0 spiro atoms. The Bertz CT molecular complexity index is 361. The van der Waals surface area contributed by atoms with E-state index >= 15 is 0 Å². The average Bonchev–Trinajstić information content (AvgIpc) is 2.95. The Morgan fingerprint density at radius 2 is 0.487 bits per heavy atom. The minimum Gasteiger partial charge on any atom is -0.316 e. The fourth-order valence-electron chi connectivity index (χ4n) is 5.72. The molecule has 39 heavy (non-hydrogen) atoms. The molecule has 0 atom stereocenters. The molecule has 235 valence electrons. The van der Waals surface area contributed by atoms with Crippen LogP contribution in [0.25, 0.3) is 0 Å². The molecule has 0 aliphatic rings. The predicted octanol–water partition coefficient (Wildman–Crippen LogP) is 12.1. The van der Waals surface area contributed by atoms with Gasteiger partial charge in [-0.1, -0.05) is 194 Å². The van der Waals surface area contributed by atoms with E-state index in [-0.39, 0.29) is 0 Å². The van der Waals surface area contributed by atoms with E-state index in [0.717, 1.165) is 13.1 Å². The van der Waals surface area contributed by atoms with E-state index < -0.39 is 0 Å². The molecule has 2 nitrogen and oxygen atoms in total. The van der Waals surface area contributed by atoms with Crippen LogP contribution in [0.2, 0.25) is 0 Å². The molecule has 0 saturated carbocycles. The minimum absolute atomic E-state index is 1.06. The first kappa shape index (κ1) is 38.9. The van der Waals surface area contributed by atoms with E-state index in [2.05, 4.69) is 30.9 Å². The summed E-state index contributed by atoms with van der Waals surface area (Å²) in [6, 6.07) is 0. The van der Waals surface area contributed by atoms with E-state index in [4.69, 9.17) is 0 Å². The van der Waals surface area contributed by atoms with Crippen LogP contribution in [0.15, 0.2) is 0 Å². The van der Waals surface area contributed by atoms with Crippen molar-refractivity contribution in [3.05, 3.63) is 6.42 Å². The lowest BCUT2D eigenvalue weighted by Gasteiger charge is -2.07. The fourth-order valence-corrected chi connectivity index (χ4v) is 5.72. The summed E-state index contributed by atoms with van der Waals surface area (Å²) in [5, 5.41) is 7.19. The van der Waals surface area contributed by atoms with Gasteiger partial charge in [-0.3, -0.25) is 0 Å². The SMILES string of the molecule is CCCCCCCCCCCCCCCCCNC[CH]CNCCCCCCCCCCCCCCCCC. The largest absolute Gasteiger partial charge is 0.316 e. The van der Waals surface area contributed by atoms with Gasteiger partial charge in [0.2, 0.25) is 0 Å². The Kier molecular flexibility index (Phi) is 37.8. The van der Waals surface area contributed by atoms with E-state index in [1.54, 1.807) is 0 Å². The summed E-state index contributed by atoms with van der Waals surface area (Å²) in [5.41, 5.74) is 0. The van der Waals surface area contributed by atoms with Gasteiger partial charge < -0.3 is 10.6 Å². The van der Waals surface area contributed by atoms with Crippen molar-refractivity contribution in [2.75, 3.05) is 26.2 Å². The van der Waals surface area contributed by atoms with Crippen LogP contribution in [0, 0.1) is 6.42 Å². The first-order valence-electron chi connectivity index (χ1n) is 18.6. The molecule has 2 heteroatoms. The molecule has 0 aliphatic carbocycles. The lowest BCUT2D eigenvalue weighted by Crippen LogP contribution is -2.24. The van der Waals surface area contributed by atoms with Gasteiger partial charge in [-0.15, -0.1) is 0 Å². The molecule has 0 aliphatic heterocycles. The molecule has 2 N–H and O–H groups in total. The van der Waals surface area contributed by atoms with Gasteiger partial charge >= 0.3 is 0 Å². The van der Waals surface area contributed by atoms with Crippen molar-refractivity contribution < 1.29 is 0 Å². The van der Waals surface area contributed by atoms with Gasteiger partial charge in [-0.05, 0) is 45.4 Å². The lowest BCUT2D eigenvalue weighted by atomic mass is 10.0. The predicted molar refractivity (Wildman–Crippen MR) is 180 cm³/mol. The van der Waals surface area contributed by atoms with Crippen LogP contribution in [0.1, 0.15) is 206 Å². The highest BCUT2D eigenvalue weighted by Crippen LogP contribution is 2.14. The van der Waals surface area contributed by atoms with Crippen molar-refractivity contribution in [1.29, 1.82) is 0 Å². The molecule has 0 unspecified atom stereocenters. The van der Waals surface area contributed by atoms with Gasteiger partial charge in [-0.2, -0.15) is 0 Å². The first-order valence-corrected chi connectivity index (χ1v) is 18.6. The normalized spacial score (nSPS) is 11.5. The van der Waals surface area contributed by atoms with Crippen molar-refractivity contribution in [3.63, 3.8) is 0 Å². The van der Waals surface area contributed by atoms with Crippen LogP contribution >= 0.6 is 0 Å². The molecule has 0 rings (SSSR count). The smallest absolute Gasteiger partial charge is 0.000476 e. The highest BCUT2D eigenvalue weighted by atomic mass is 14.9. The van der Waals surface area contributed by atoms with Gasteiger partial charge in [-0.25, -0.2) is 0 Å². The maximum atomic E-state index is 3.59. The molecule has 0 aromatic rings. The molecular weight excluding hydrogens is 472 g/mol. The number of nitrogens with one attached hydrogen (secondary N) is 2. The Morgan fingerprint density at radius 1 is 0.282 bits per heavy atom. The van der Waals surface area contributed by atoms with Crippen LogP contribution in [0.3, 0.4) is 0 Å². The van der Waals surface area contributed by atoms with Crippen LogP contribution in [-0.4, -0.2) is 26.2 Å². The maximum absolute atomic E-state index is 3.59. The summed E-state index contributed by atoms with van der Waals surface area (Å²) in [7, 11) is 0. The molecule has 1 radical (unpaired) electrons. The second kappa shape index (κ2) is 37.9. The maximum Gasteiger partial charge on any atom is -0.000476 e. The molecule has 0 amide bonds. The molecule has 0 fully saturated rings. The van der Waals surface area contributed by atoms with Gasteiger partial charge in [0.15, 0.2) is 0 Å². The van der Waals surface area contributed by atoms with Gasteiger partial charge in [0.1, 0.15) is 0 Å². The number of unbranched alkanes of at least 4 members (excludes halogenated alkanes) is 28. The average molecular weight is 550 g/mol. The second-order valence-corrected chi connectivity index (χ2v) is 12.6. The summed E-state index contributed by atoms with van der Waals surface area (Å²) in [4.78, 5) is 0. The highest BCUT2D eigenvalue weighted by Gasteiger charge is 1.97. The molecule has 0 saturated heterocycles. The summed E-state index contributed by atoms with van der Waals surface area (Å²) in [6.07, 6.45) is 45.7. The molecule has 0 heterocycles. The third-order valence-electron chi connectivity index (χ3n) is 8.49. The Labute approximate surface area is 249 Å². The van der Waals surface area contributed by atoms with Crippen LogP contribution in [0.5, 0.6) is 0 Å². The molecular formula is C37H77N2. The van der Waals surface area contributed by atoms with Crippen molar-refractivity contribution in [2.45, 2.75) is 206 Å². The third-order valence-corrected chi connectivity index (χ3v) is 8.49. The number of rotatable bonds is 36. The van der Waals surface area contributed by atoms with Crippen molar-refractivity contribution >= 4 is 0 Å². The van der Waals surface area contributed by atoms with E-state index in [0.29, 0.717) is 0 Å². The molecule has 0 aromatic heterocycles. The zero-order valence-electron chi connectivity index (χ0n) is 27.6. The summed E-state index contributed by atoms with van der Waals surface area (Å²) < 4.78 is 0. The molecule has 0 aromatic carbocycles. The van der Waals surface area contributed by atoms with Gasteiger partial charge in [0.05, 0.1) is 0 Å². The van der Waals surface area contributed by atoms with Crippen molar-refractivity contribution in [2.24, 2.45) is 0 Å². The standard InChI is InChI=1S/C37H77N2/c1-3-5-7-9-11-13-15-17-19-21-23-25-27-29-31-34-38-36-33-37-39-35-32-30-28-26-24-22-20-18-16-14-12-10-8-6-4-2/h33,38-39H,3-32,34-37H2,1-2H3. The Morgan fingerprint density at radius 3 is 0.718 bits per heavy atom. The fraction of sp³-hybridized carbons (Fsp3) is 0.973. The highest BCUT2D eigenvalue weighted by molar-refractivity contribution is 4.71. The quantitative estimate of drug-likeness (QED) is 0.0759. The lowest BCUT2D eigenvalue weighted by molar-refractivity contribution is 0.526. The summed E-state index contributed by atoms with van der Waals surface area (Å²) in [5.74, 6) is 0. The van der Waals surface area contributed by atoms with Crippen LogP contribution in [-0.2, 0) is 0 Å².